The molecule has 0 fully saturated rings. The molecule has 0 saturated carbocycles. The van der Waals surface area contributed by atoms with E-state index in [0.29, 0.717) is 30.5 Å². The minimum atomic E-state index is -0.968. The summed E-state index contributed by atoms with van der Waals surface area (Å²) in [5.41, 5.74) is 0.223. The highest BCUT2D eigenvalue weighted by Crippen LogP contribution is 2.28. The summed E-state index contributed by atoms with van der Waals surface area (Å²) in [5.74, 6) is -0.570. The zero-order valence-electron chi connectivity index (χ0n) is 10.6. The van der Waals surface area contributed by atoms with E-state index in [2.05, 4.69) is 0 Å². The van der Waals surface area contributed by atoms with Crippen LogP contribution in [0.3, 0.4) is 0 Å². The summed E-state index contributed by atoms with van der Waals surface area (Å²) >= 11 is 1.39. The quantitative estimate of drug-likeness (QED) is 0.581. The summed E-state index contributed by atoms with van der Waals surface area (Å²) in [6, 6.07) is 5.23. The Kier molecular flexibility index (Phi) is 6.60. The highest BCUT2D eigenvalue weighted by atomic mass is 32.2. The fourth-order valence-electron chi connectivity index (χ4n) is 1.47. The lowest BCUT2D eigenvalue weighted by molar-refractivity contribution is 0.0681. The molecule has 0 unspecified atom stereocenters. The number of hydrogen-bond donors (Lipinski definition) is 1. The van der Waals surface area contributed by atoms with Gasteiger partial charge in [0.2, 0.25) is 0 Å². The van der Waals surface area contributed by atoms with Crippen LogP contribution in [0.2, 0.25) is 0 Å². The lowest BCUT2D eigenvalue weighted by Gasteiger charge is -2.11. The third-order valence-corrected chi connectivity index (χ3v) is 3.04. The van der Waals surface area contributed by atoms with Crippen LogP contribution in [0.1, 0.15) is 23.7 Å². The van der Waals surface area contributed by atoms with Crippen LogP contribution in [0.5, 0.6) is 5.75 Å². The van der Waals surface area contributed by atoms with E-state index in [1.54, 1.807) is 18.2 Å². The van der Waals surface area contributed by atoms with Gasteiger partial charge in [-0.05, 0) is 24.8 Å². The smallest absolute Gasteiger partial charge is 0.340 e. The molecule has 1 rings (SSSR count). The summed E-state index contributed by atoms with van der Waals surface area (Å²) in [6.07, 6.45) is 2.80. The number of carboxylic acid groups (broad SMARTS) is 1. The fraction of sp³-hybridized carbons (Fsp3) is 0.462. The first-order valence-electron chi connectivity index (χ1n) is 5.81. The molecular weight excluding hydrogens is 252 g/mol. The molecule has 18 heavy (non-hydrogen) atoms. The Morgan fingerprint density at radius 1 is 1.33 bits per heavy atom. The lowest BCUT2D eigenvalue weighted by Crippen LogP contribution is -2.10. The van der Waals surface area contributed by atoms with Gasteiger partial charge in [0, 0.05) is 11.5 Å². The number of thioether (sulfide) groups is 1. The second-order valence-electron chi connectivity index (χ2n) is 3.60. The SMILES string of the molecule is CCCOCCOc1cccc(SC)c1C(=O)O. The summed E-state index contributed by atoms with van der Waals surface area (Å²) in [6.45, 7) is 3.56. The van der Waals surface area contributed by atoms with E-state index in [1.165, 1.54) is 11.8 Å². The van der Waals surface area contributed by atoms with Crippen molar-refractivity contribution in [3.8, 4) is 5.75 Å². The Labute approximate surface area is 111 Å². The fourth-order valence-corrected chi connectivity index (χ4v) is 2.08. The molecule has 0 aliphatic carbocycles. The van der Waals surface area contributed by atoms with Gasteiger partial charge < -0.3 is 14.6 Å². The summed E-state index contributed by atoms with van der Waals surface area (Å²) < 4.78 is 10.8. The van der Waals surface area contributed by atoms with Crippen molar-refractivity contribution in [2.45, 2.75) is 18.2 Å². The largest absolute Gasteiger partial charge is 0.490 e. The molecule has 0 atom stereocenters. The molecule has 1 aromatic rings. The van der Waals surface area contributed by atoms with E-state index in [4.69, 9.17) is 9.47 Å². The molecule has 4 nitrogen and oxygen atoms in total. The van der Waals surface area contributed by atoms with Gasteiger partial charge in [0.05, 0.1) is 6.61 Å². The van der Waals surface area contributed by atoms with E-state index in [1.807, 2.05) is 13.2 Å². The Morgan fingerprint density at radius 2 is 2.11 bits per heavy atom. The molecule has 100 valence electrons. The summed E-state index contributed by atoms with van der Waals surface area (Å²) in [5, 5.41) is 9.19. The van der Waals surface area contributed by atoms with Crippen LogP contribution in [0, 0.1) is 0 Å². The normalized spacial score (nSPS) is 10.3. The predicted octanol–water partition coefficient (Wildman–Crippen LogP) is 2.91. The van der Waals surface area contributed by atoms with Crippen LogP contribution < -0.4 is 4.74 Å². The first kappa shape index (κ1) is 14.9. The van der Waals surface area contributed by atoms with Gasteiger partial charge in [-0.1, -0.05) is 13.0 Å². The van der Waals surface area contributed by atoms with Gasteiger partial charge in [0.25, 0.3) is 0 Å². The van der Waals surface area contributed by atoms with E-state index >= 15 is 0 Å². The molecule has 0 radical (unpaired) electrons. The molecule has 0 aromatic heterocycles. The van der Waals surface area contributed by atoms with Crippen LogP contribution in [0.15, 0.2) is 23.1 Å². The lowest BCUT2D eigenvalue weighted by atomic mass is 10.2. The van der Waals surface area contributed by atoms with Gasteiger partial charge in [-0.15, -0.1) is 11.8 Å². The maximum absolute atomic E-state index is 11.2. The van der Waals surface area contributed by atoms with Crippen molar-refractivity contribution >= 4 is 17.7 Å². The topological polar surface area (TPSA) is 55.8 Å². The molecule has 0 saturated heterocycles. The maximum Gasteiger partial charge on any atom is 0.340 e. The minimum Gasteiger partial charge on any atom is -0.490 e. The van der Waals surface area contributed by atoms with E-state index in [-0.39, 0.29) is 5.56 Å². The molecule has 1 N–H and O–H groups in total. The second kappa shape index (κ2) is 8.00. The number of hydrogen-bond acceptors (Lipinski definition) is 4. The third kappa shape index (κ3) is 4.23. The van der Waals surface area contributed by atoms with Crippen LogP contribution in [-0.4, -0.2) is 37.2 Å². The van der Waals surface area contributed by atoms with Crippen molar-refractivity contribution < 1.29 is 19.4 Å². The molecular formula is C13H18O4S. The standard InChI is InChI=1S/C13H18O4S/c1-3-7-16-8-9-17-10-5-4-6-11(18-2)12(10)13(14)15/h4-6H,3,7-9H2,1-2H3,(H,14,15). The number of carboxylic acids is 1. The molecule has 0 amide bonds. The van der Waals surface area contributed by atoms with Crippen molar-refractivity contribution in [1.29, 1.82) is 0 Å². The Morgan fingerprint density at radius 3 is 2.72 bits per heavy atom. The Hall–Kier alpha value is -1.20. The second-order valence-corrected chi connectivity index (χ2v) is 4.45. The van der Waals surface area contributed by atoms with Crippen molar-refractivity contribution in [2.75, 3.05) is 26.1 Å². The van der Waals surface area contributed by atoms with Gasteiger partial charge >= 0.3 is 5.97 Å². The number of aromatic carboxylic acids is 1. The summed E-state index contributed by atoms with van der Waals surface area (Å²) in [7, 11) is 0. The van der Waals surface area contributed by atoms with Crippen molar-refractivity contribution in [3.63, 3.8) is 0 Å². The zero-order valence-corrected chi connectivity index (χ0v) is 11.5. The Balaban J connectivity index is 2.67. The van der Waals surface area contributed by atoms with E-state index < -0.39 is 5.97 Å². The molecule has 0 bridgehead atoms. The predicted molar refractivity (Wildman–Crippen MR) is 71.8 cm³/mol. The number of carbonyl (C=O) groups is 1. The average Bonchev–Trinajstić information content (AvgIpc) is 2.37. The monoisotopic (exact) mass is 270 g/mol. The first-order chi connectivity index (χ1) is 8.70. The molecule has 0 aliphatic rings. The van der Waals surface area contributed by atoms with Crippen LogP contribution in [0.4, 0.5) is 0 Å². The van der Waals surface area contributed by atoms with Crippen LogP contribution >= 0.6 is 11.8 Å². The summed E-state index contributed by atoms with van der Waals surface area (Å²) in [4.78, 5) is 11.9. The van der Waals surface area contributed by atoms with Gasteiger partial charge in [-0.3, -0.25) is 0 Å². The molecule has 1 aromatic carbocycles. The van der Waals surface area contributed by atoms with Crippen LogP contribution in [0.25, 0.3) is 0 Å². The van der Waals surface area contributed by atoms with Crippen molar-refractivity contribution in [1.82, 2.24) is 0 Å². The van der Waals surface area contributed by atoms with Gasteiger partial charge in [0.15, 0.2) is 0 Å². The molecule has 0 heterocycles. The third-order valence-electron chi connectivity index (χ3n) is 2.26. The molecule has 0 aliphatic heterocycles. The molecule has 0 spiro atoms. The first-order valence-corrected chi connectivity index (χ1v) is 7.04. The van der Waals surface area contributed by atoms with E-state index in [9.17, 15) is 9.90 Å². The van der Waals surface area contributed by atoms with Crippen LogP contribution in [-0.2, 0) is 4.74 Å². The highest BCUT2D eigenvalue weighted by Gasteiger charge is 2.15. The van der Waals surface area contributed by atoms with E-state index in [0.717, 1.165) is 6.42 Å². The van der Waals surface area contributed by atoms with Crippen molar-refractivity contribution in [2.24, 2.45) is 0 Å². The number of rotatable bonds is 8. The average molecular weight is 270 g/mol. The zero-order chi connectivity index (χ0) is 13.4. The van der Waals surface area contributed by atoms with Gasteiger partial charge in [0.1, 0.15) is 17.9 Å². The van der Waals surface area contributed by atoms with Gasteiger partial charge in [-0.2, -0.15) is 0 Å². The maximum atomic E-state index is 11.2. The number of ether oxygens (including phenoxy) is 2. The minimum absolute atomic E-state index is 0.223. The number of benzene rings is 1. The molecule has 5 heteroatoms. The Bertz CT molecular complexity index is 393. The van der Waals surface area contributed by atoms with Crippen molar-refractivity contribution in [3.05, 3.63) is 23.8 Å². The highest BCUT2D eigenvalue weighted by molar-refractivity contribution is 7.98. The van der Waals surface area contributed by atoms with Gasteiger partial charge in [-0.25, -0.2) is 4.79 Å².